The number of anilines is 1. The van der Waals surface area contributed by atoms with Gasteiger partial charge < -0.3 is 15.6 Å². The zero-order valence-electron chi connectivity index (χ0n) is 26.9. The first-order valence-corrected chi connectivity index (χ1v) is 17.4. The van der Waals surface area contributed by atoms with Crippen molar-refractivity contribution in [2.75, 3.05) is 5.32 Å². The molecule has 0 spiro atoms. The average molecular weight is 732 g/mol. The third kappa shape index (κ3) is 6.18. The highest BCUT2D eigenvalue weighted by Crippen LogP contribution is 2.48. The molecule has 0 saturated carbocycles. The molecule has 2 amide bonds. The molecule has 1 aliphatic rings. The van der Waals surface area contributed by atoms with Crippen molar-refractivity contribution in [1.82, 2.24) is 20.3 Å². The van der Waals surface area contributed by atoms with E-state index in [4.69, 9.17) is 15.0 Å². The molecule has 4 aromatic carbocycles. The van der Waals surface area contributed by atoms with Crippen molar-refractivity contribution in [3.63, 3.8) is 0 Å². The average Bonchev–Trinajstić information content (AvgIpc) is 3.91. The number of aliphatic imine (C=N–C) groups is 2. The van der Waals surface area contributed by atoms with Crippen LogP contribution in [0, 0.1) is 0 Å². The van der Waals surface area contributed by atoms with Crippen molar-refractivity contribution in [3.8, 4) is 21.7 Å². The lowest BCUT2D eigenvalue weighted by molar-refractivity contribution is -0.171. The SMILES string of the molecule is CC(=O)Nc1[nH]c(N=C2N=C(NC(=O)C(F)(F)F)C(c3nc4ccccc4s3)=C2c2ccccc2)c(-c2ccccc2)c1-c1nc2ccccc2s1. The molecule has 52 heavy (non-hydrogen) atoms. The quantitative estimate of drug-likeness (QED) is 0.158. The van der Waals surface area contributed by atoms with E-state index in [1.807, 2.05) is 84.2 Å². The Kier molecular flexibility index (Phi) is 8.32. The number of halogens is 3. The highest BCUT2D eigenvalue weighted by molar-refractivity contribution is 7.21. The second kappa shape index (κ2) is 13.1. The van der Waals surface area contributed by atoms with Gasteiger partial charge >= 0.3 is 12.1 Å². The molecule has 0 bridgehead atoms. The largest absolute Gasteiger partial charge is 0.471 e. The molecule has 1 aliphatic heterocycles. The lowest BCUT2D eigenvalue weighted by Gasteiger charge is -2.10. The molecule has 8 rings (SSSR count). The van der Waals surface area contributed by atoms with Crippen molar-refractivity contribution in [2.24, 2.45) is 9.98 Å². The monoisotopic (exact) mass is 731 g/mol. The first-order valence-electron chi connectivity index (χ1n) is 15.8. The van der Waals surface area contributed by atoms with Crippen LogP contribution in [0.3, 0.4) is 0 Å². The Hall–Kier alpha value is -6.25. The van der Waals surface area contributed by atoms with Gasteiger partial charge in [-0.25, -0.2) is 20.0 Å². The molecule has 0 radical (unpaired) electrons. The minimum atomic E-state index is -5.19. The number of para-hydroxylation sites is 2. The van der Waals surface area contributed by atoms with Gasteiger partial charge in [-0.05, 0) is 35.4 Å². The number of amidine groups is 2. The van der Waals surface area contributed by atoms with Gasteiger partial charge in [0.1, 0.15) is 27.5 Å². The number of hydrogen-bond acceptors (Lipinski definition) is 7. The number of nitrogens with one attached hydrogen (secondary N) is 3. The molecule has 14 heteroatoms. The summed E-state index contributed by atoms with van der Waals surface area (Å²) in [5, 5.41) is 5.82. The molecule has 0 fully saturated rings. The van der Waals surface area contributed by atoms with Gasteiger partial charge in [0.2, 0.25) is 5.91 Å². The minimum Gasteiger partial charge on any atom is -0.325 e. The summed E-state index contributed by atoms with van der Waals surface area (Å²) < 4.78 is 42.9. The van der Waals surface area contributed by atoms with Gasteiger partial charge in [0, 0.05) is 18.1 Å². The summed E-state index contributed by atoms with van der Waals surface area (Å²) in [7, 11) is 0. The van der Waals surface area contributed by atoms with Gasteiger partial charge in [0.15, 0.2) is 5.84 Å². The van der Waals surface area contributed by atoms with Gasteiger partial charge in [-0.3, -0.25) is 9.59 Å². The fourth-order valence-corrected chi connectivity index (χ4v) is 7.93. The van der Waals surface area contributed by atoms with Crippen LogP contribution in [-0.2, 0) is 9.59 Å². The predicted molar refractivity (Wildman–Crippen MR) is 201 cm³/mol. The number of H-pyrrole nitrogens is 1. The number of carbonyl (C=O) groups is 2. The normalized spacial score (nSPS) is 14.0. The van der Waals surface area contributed by atoms with Crippen LogP contribution in [0.5, 0.6) is 0 Å². The maximum absolute atomic E-state index is 13.7. The number of alkyl halides is 3. The van der Waals surface area contributed by atoms with Gasteiger partial charge in [-0.1, -0.05) is 84.9 Å². The van der Waals surface area contributed by atoms with E-state index in [2.05, 4.69) is 15.3 Å². The van der Waals surface area contributed by atoms with E-state index in [0.717, 1.165) is 20.5 Å². The zero-order chi connectivity index (χ0) is 36.0. The first-order chi connectivity index (χ1) is 25.1. The Morgan fingerprint density at radius 2 is 1.25 bits per heavy atom. The molecular weight excluding hydrogens is 708 g/mol. The molecule has 3 aromatic heterocycles. The number of aromatic amines is 1. The summed E-state index contributed by atoms with van der Waals surface area (Å²) in [6, 6.07) is 33.2. The molecule has 0 aliphatic carbocycles. The number of carbonyl (C=O) groups excluding carboxylic acids is 2. The van der Waals surface area contributed by atoms with Crippen LogP contribution < -0.4 is 10.6 Å². The smallest absolute Gasteiger partial charge is 0.325 e. The lowest BCUT2D eigenvalue weighted by atomic mass is 10.00. The molecule has 9 nitrogen and oxygen atoms in total. The number of amides is 2. The molecular formula is C38H24F3N7O2S2. The summed E-state index contributed by atoms with van der Waals surface area (Å²) >= 11 is 2.69. The van der Waals surface area contributed by atoms with Gasteiger partial charge in [0.25, 0.3) is 0 Å². The van der Waals surface area contributed by atoms with E-state index >= 15 is 0 Å². The third-order valence-electron chi connectivity index (χ3n) is 8.06. The summed E-state index contributed by atoms with van der Waals surface area (Å²) in [6.45, 7) is 1.38. The van der Waals surface area contributed by atoms with Crippen LogP contribution in [0.15, 0.2) is 119 Å². The maximum atomic E-state index is 13.7. The van der Waals surface area contributed by atoms with Crippen LogP contribution in [-0.4, -0.2) is 44.6 Å². The van der Waals surface area contributed by atoms with Crippen LogP contribution in [0.4, 0.5) is 24.8 Å². The van der Waals surface area contributed by atoms with Gasteiger partial charge in [-0.2, -0.15) is 13.2 Å². The first kappa shape index (κ1) is 32.9. The standard InChI is InChI=1S/C38H24F3N7O2S2/c1-20(49)42-33-29(35-43-23-16-8-10-18-25(23)51-35)27(21-12-4-2-5-13-21)31(46-33)45-32-28(22-14-6-3-7-15-22)30(34(47-32)48-37(50)38(39,40)41)36-44-24-17-9-11-19-26(24)52-36/h2-19,46H,1H3,(H,42,49)(H,45,47,48,50). The number of fused-ring (bicyclic) bond motifs is 2. The van der Waals surface area contributed by atoms with Crippen molar-refractivity contribution in [3.05, 3.63) is 120 Å². The van der Waals surface area contributed by atoms with Crippen LogP contribution >= 0.6 is 22.7 Å². The van der Waals surface area contributed by atoms with Crippen LogP contribution in [0.1, 0.15) is 17.5 Å². The number of thiazole rings is 2. The van der Waals surface area contributed by atoms with E-state index in [-0.39, 0.29) is 29.0 Å². The maximum Gasteiger partial charge on any atom is 0.471 e. The number of nitrogens with zero attached hydrogens (tertiary/aromatic N) is 4. The molecule has 256 valence electrons. The van der Waals surface area contributed by atoms with Crippen molar-refractivity contribution in [1.29, 1.82) is 0 Å². The Labute approximate surface area is 301 Å². The van der Waals surface area contributed by atoms with E-state index in [0.29, 0.717) is 43.6 Å². The van der Waals surface area contributed by atoms with E-state index in [9.17, 15) is 22.8 Å². The van der Waals surface area contributed by atoms with Gasteiger partial charge in [-0.15, -0.1) is 22.7 Å². The Morgan fingerprint density at radius 1 is 0.692 bits per heavy atom. The minimum absolute atomic E-state index is 0.0154. The second-order valence-electron chi connectivity index (χ2n) is 11.6. The lowest BCUT2D eigenvalue weighted by Crippen LogP contribution is -2.40. The van der Waals surface area contributed by atoms with Crippen molar-refractivity contribution >= 4 is 89.4 Å². The van der Waals surface area contributed by atoms with Crippen LogP contribution in [0.25, 0.3) is 53.3 Å². The van der Waals surface area contributed by atoms with E-state index < -0.39 is 12.1 Å². The Bertz CT molecular complexity index is 2560. The highest BCUT2D eigenvalue weighted by Gasteiger charge is 2.42. The summed E-state index contributed by atoms with van der Waals surface area (Å²) in [5.41, 5.74) is 4.40. The molecule has 0 unspecified atom stereocenters. The fraction of sp³-hybridized carbons (Fsp3) is 0.0526. The van der Waals surface area contributed by atoms with E-state index in [1.54, 1.807) is 30.3 Å². The zero-order valence-corrected chi connectivity index (χ0v) is 28.6. The summed E-state index contributed by atoms with van der Waals surface area (Å²) in [4.78, 5) is 47.5. The number of rotatable bonds is 6. The van der Waals surface area contributed by atoms with Crippen molar-refractivity contribution < 1.29 is 22.8 Å². The molecule has 0 saturated heterocycles. The Morgan fingerprint density at radius 3 is 1.85 bits per heavy atom. The summed E-state index contributed by atoms with van der Waals surface area (Å²) in [5.74, 6) is -2.28. The van der Waals surface area contributed by atoms with Gasteiger partial charge in [0.05, 0.1) is 31.6 Å². The fourth-order valence-electron chi connectivity index (χ4n) is 5.89. The number of benzene rings is 4. The molecule has 7 aromatic rings. The second-order valence-corrected chi connectivity index (χ2v) is 13.6. The van der Waals surface area contributed by atoms with Crippen LogP contribution in [0.2, 0.25) is 0 Å². The highest BCUT2D eigenvalue weighted by atomic mass is 32.1. The molecule has 3 N–H and O–H groups in total. The Balaban J connectivity index is 1.42. The predicted octanol–water partition coefficient (Wildman–Crippen LogP) is 9.26. The summed E-state index contributed by atoms with van der Waals surface area (Å²) in [6.07, 6.45) is -5.19. The number of hydrogen-bond donors (Lipinski definition) is 3. The topological polar surface area (TPSA) is 124 Å². The molecule has 4 heterocycles. The molecule has 0 atom stereocenters. The van der Waals surface area contributed by atoms with E-state index in [1.165, 1.54) is 29.6 Å². The van der Waals surface area contributed by atoms with Crippen molar-refractivity contribution in [2.45, 2.75) is 13.1 Å². The number of aromatic nitrogens is 3. The third-order valence-corrected chi connectivity index (χ3v) is 10.2.